The molecule has 0 spiro atoms. The molecule has 0 aliphatic carbocycles. The molecule has 1 aromatic carbocycles. The molecular weight excluding hydrogens is 254 g/mol. The summed E-state index contributed by atoms with van der Waals surface area (Å²) in [6.45, 7) is 15.1. The zero-order valence-electron chi connectivity index (χ0n) is 14.4. The van der Waals surface area contributed by atoms with Gasteiger partial charge in [-0.3, -0.25) is 0 Å². The highest BCUT2D eigenvalue weighted by atomic mass is 15.1. The third-order valence-electron chi connectivity index (χ3n) is 4.98. The minimum Gasteiger partial charge on any atom is -0.303 e. The topological polar surface area (TPSA) is 3.24 Å². The summed E-state index contributed by atoms with van der Waals surface area (Å²) in [5, 5.41) is 0. The second-order valence-electron chi connectivity index (χ2n) is 7.21. The van der Waals surface area contributed by atoms with E-state index in [0.717, 1.165) is 5.92 Å². The molecule has 2 rings (SSSR count). The average Bonchev–Trinajstić information content (AvgIpc) is 2.47. The number of allylic oxidation sites excluding steroid dienone is 1. The van der Waals surface area contributed by atoms with Gasteiger partial charge in [0, 0.05) is 12.0 Å². The first-order valence-corrected chi connectivity index (χ1v) is 8.41. The van der Waals surface area contributed by atoms with Crippen LogP contribution in [0, 0.1) is 12.8 Å². The second-order valence-corrected chi connectivity index (χ2v) is 7.21. The maximum absolute atomic E-state index is 2.59. The molecule has 0 bridgehead atoms. The lowest BCUT2D eigenvalue weighted by Crippen LogP contribution is -2.35. The van der Waals surface area contributed by atoms with Crippen molar-refractivity contribution in [2.24, 2.45) is 5.92 Å². The van der Waals surface area contributed by atoms with Crippen LogP contribution >= 0.6 is 0 Å². The van der Waals surface area contributed by atoms with E-state index in [1.165, 1.54) is 43.6 Å². The van der Waals surface area contributed by atoms with E-state index in [1.54, 1.807) is 5.57 Å². The van der Waals surface area contributed by atoms with Crippen LogP contribution in [-0.2, 0) is 5.41 Å². The van der Waals surface area contributed by atoms with Gasteiger partial charge in [0.15, 0.2) is 0 Å². The Morgan fingerprint density at radius 1 is 1.29 bits per heavy atom. The number of piperidine rings is 1. The van der Waals surface area contributed by atoms with E-state index in [9.17, 15) is 0 Å². The minimum absolute atomic E-state index is 0.117. The molecule has 1 heteroatoms. The van der Waals surface area contributed by atoms with Crippen LogP contribution in [0.15, 0.2) is 35.9 Å². The minimum atomic E-state index is 0.117. The SMILES string of the molecule is CCN1CCCC(/C(C)=C/C(C)(C)c2ccc(C)cc2)C1. The highest BCUT2D eigenvalue weighted by Crippen LogP contribution is 2.31. The number of hydrogen-bond donors (Lipinski definition) is 0. The summed E-state index contributed by atoms with van der Waals surface area (Å²) < 4.78 is 0. The molecule has 21 heavy (non-hydrogen) atoms. The van der Waals surface area contributed by atoms with E-state index in [-0.39, 0.29) is 5.41 Å². The van der Waals surface area contributed by atoms with Gasteiger partial charge >= 0.3 is 0 Å². The molecule has 0 amide bonds. The van der Waals surface area contributed by atoms with Crippen molar-refractivity contribution in [1.82, 2.24) is 4.90 Å². The lowest BCUT2D eigenvalue weighted by molar-refractivity contribution is 0.200. The molecular formula is C20H31N. The standard InChI is InChI=1S/C20H31N/c1-6-21-13-7-8-18(15-21)17(3)14-20(4,5)19-11-9-16(2)10-12-19/h9-12,14,18H,6-8,13,15H2,1-5H3/b17-14+. The van der Waals surface area contributed by atoms with Gasteiger partial charge in [-0.15, -0.1) is 0 Å². The molecule has 1 saturated heterocycles. The van der Waals surface area contributed by atoms with Gasteiger partial charge in [0.25, 0.3) is 0 Å². The van der Waals surface area contributed by atoms with E-state index in [0.29, 0.717) is 0 Å². The van der Waals surface area contributed by atoms with Crippen molar-refractivity contribution in [3.63, 3.8) is 0 Å². The Hall–Kier alpha value is -1.08. The lowest BCUT2D eigenvalue weighted by Gasteiger charge is -2.34. The van der Waals surface area contributed by atoms with Crippen LogP contribution in [0.4, 0.5) is 0 Å². The van der Waals surface area contributed by atoms with Crippen molar-refractivity contribution < 1.29 is 0 Å². The number of nitrogens with zero attached hydrogens (tertiary/aromatic N) is 1. The van der Waals surface area contributed by atoms with Gasteiger partial charge < -0.3 is 4.90 Å². The maximum Gasteiger partial charge on any atom is 0.00779 e. The van der Waals surface area contributed by atoms with Gasteiger partial charge in [-0.05, 0) is 51.3 Å². The lowest BCUT2D eigenvalue weighted by atomic mass is 9.79. The summed E-state index contributed by atoms with van der Waals surface area (Å²) in [5.74, 6) is 0.739. The second kappa shape index (κ2) is 6.79. The number of aryl methyl sites for hydroxylation is 1. The van der Waals surface area contributed by atoms with Gasteiger partial charge in [-0.25, -0.2) is 0 Å². The molecule has 0 saturated carbocycles. The average molecular weight is 285 g/mol. The van der Waals surface area contributed by atoms with Crippen LogP contribution in [0.1, 0.15) is 51.7 Å². The first-order chi connectivity index (χ1) is 9.92. The Morgan fingerprint density at radius 2 is 1.95 bits per heavy atom. The molecule has 0 radical (unpaired) electrons. The van der Waals surface area contributed by atoms with Crippen molar-refractivity contribution in [3.8, 4) is 0 Å². The molecule has 0 N–H and O–H groups in total. The van der Waals surface area contributed by atoms with E-state index >= 15 is 0 Å². The van der Waals surface area contributed by atoms with Crippen molar-refractivity contribution >= 4 is 0 Å². The third kappa shape index (κ3) is 4.20. The Labute approximate surface area is 131 Å². The molecule has 1 fully saturated rings. The molecule has 116 valence electrons. The predicted molar refractivity (Wildman–Crippen MR) is 92.8 cm³/mol. The Kier molecular flexibility index (Phi) is 5.27. The monoisotopic (exact) mass is 285 g/mol. The fourth-order valence-electron chi connectivity index (χ4n) is 3.47. The van der Waals surface area contributed by atoms with Crippen molar-refractivity contribution in [2.45, 2.75) is 52.9 Å². The summed E-state index contributed by atoms with van der Waals surface area (Å²) in [6.07, 6.45) is 5.19. The van der Waals surface area contributed by atoms with Gasteiger partial charge in [-0.1, -0.05) is 62.2 Å². The smallest absolute Gasteiger partial charge is 0.00779 e. The molecule has 1 unspecified atom stereocenters. The van der Waals surface area contributed by atoms with Crippen LogP contribution in [0.5, 0.6) is 0 Å². The van der Waals surface area contributed by atoms with Crippen LogP contribution < -0.4 is 0 Å². The van der Waals surface area contributed by atoms with E-state index < -0.39 is 0 Å². The molecule has 1 heterocycles. The zero-order chi connectivity index (χ0) is 15.5. The van der Waals surface area contributed by atoms with Crippen LogP contribution in [0.25, 0.3) is 0 Å². The van der Waals surface area contributed by atoms with Crippen molar-refractivity contribution in [3.05, 3.63) is 47.0 Å². The van der Waals surface area contributed by atoms with Gasteiger partial charge in [0.2, 0.25) is 0 Å². The van der Waals surface area contributed by atoms with Crippen LogP contribution in [0.2, 0.25) is 0 Å². The fraction of sp³-hybridized carbons (Fsp3) is 0.600. The summed E-state index contributed by atoms with van der Waals surface area (Å²) >= 11 is 0. The van der Waals surface area contributed by atoms with E-state index in [2.05, 4.69) is 69.9 Å². The number of rotatable bonds is 4. The molecule has 1 atom stereocenters. The highest BCUT2D eigenvalue weighted by Gasteiger charge is 2.23. The predicted octanol–water partition coefficient (Wildman–Crippen LogP) is 4.95. The number of likely N-dealkylation sites (tertiary alicyclic amines) is 1. The Morgan fingerprint density at radius 3 is 2.57 bits per heavy atom. The first kappa shape index (κ1) is 16.3. The van der Waals surface area contributed by atoms with Gasteiger partial charge in [0.1, 0.15) is 0 Å². The third-order valence-corrected chi connectivity index (χ3v) is 4.98. The molecule has 1 nitrogen and oxygen atoms in total. The normalized spacial score (nSPS) is 21.6. The highest BCUT2D eigenvalue weighted by molar-refractivity contribution is 5.33. The Balaban J connectivity index is 2.14. The van der Waals surface area contributed by atoms with E-state index in [1.807, 2.05) is 0 Å². The fourth-order valence-corrected chi connectivity index (χ4v) is 3.47. The first-order valence-electron chi connectivity index (χ1n) is 8.41. The number of benzene rings is 1. The van der Waals surface area contributed by atoms with Gasteiger partial charge in [0.05, 0.1) is 0 Å². The van der Waals surface area contributed by atoms with Gasteiger partial charge in [-0.2, -0.15) is 0 Å². The van der Waals surface area contributed by atoms with Crippen molar-refractivity contribution in [2.75, 3.05) is 19.6 Å². The van der Waals surface area contributed by atoms with Crippen LogP contribution in [-0.4, -0.2) is 24.5 Å². The summed E-state index contributed by atoms with van der Waals surface area (Å²) in [5.41, 5.74) is 4.43. The van der Waals surface area contributed by atoms with Crippen LogP contribution in [0.3, 0.4) is 0 Å². The summed E-state index contributed by atoms with van der Waals surface area (Å²) in [7, 11) is 0. The molecule has 1 aromatic rings. The number of hydrogen-bond acceptors (Lipinski definition) is 1. The summed E-state index contributed by atoms with van der Waals surface area (Å²) in [4.78, 5) is 2.59. The van der Waals surface area contributed by atoms with E-state index in [4.69, 9.17) is 0 Å². The quantitative estimate of drug-likeness (QED) is 0.707. The van der Waals surface area contributed by atoms with Crippen molar-refractivity contribution in [1.29, 1.82) is 0 Å². The molecule has 1 aliphatic rings. The summed E-state index contributed by atoms with van der Waals surface area (Å²) in [6, 6.07) is 9.00. The zero-order valence-corrected chi connectivity index (χ0v) is 14.4. The maximum atomic E-state index is 2.59. The Bertz CT molecular complexity index is 481. The molecule has 0 aromatic heterocycles. The largest absolute Gasteiger partial charge is 0.303 e. The molecule has 1 aliphatic heterocycles.